The molecule has 92 valence electrons. The molecule has 0 fully saturated rings. The van der Waals surface area contributed by atoms with Crippen LogP contribution >= 0.6 is 0 Å². The lowest BCUT2D eigenvalue weighted by molar-refractivity contribution is -0.456. The van der Waals surface area contributed by atoms with E-state index in [0.29, 0.717) is 6.21 Å². The van der Waals surface area contributed by atoms with Crippen LogP contribution in [0.15, 0.2) is 5.10 Å². The van der Waals surface area contributed by atoms with Gasteiger partial charge in [-0.2, -0.15) is 0 Å². The molecular weight excluding hydrogens is 247 g/mol. The maximum Gasteiger partial charge on any atom is 0.256 e. The fourth-order valence-corrected chi connectivity index (χ4v) is 0.920. The van der Waals surface area contributed by atoms with Crippen LogP contribution < -0.4 is 16.6 Å². The van der Waals surface area contributed by atoms with E-state index < -0.39 is 40.6 Å². The van der Waals surface area contributed by atoms with Crippen LogP contribution in [0.5, 0.6) is 0 Å². The van der Waals surface area contributed by atoms with Crippen LogP contribution in [-0.2, 0) is 0 Å². The molecule has 0 aliphatic rings. The van der Waals surface area contributed by atoms with Crippen molar-refractivity contribution in [3.63, 3.8) is 0 Å². The molecule has 0 unspecified atom stereocenters. The molecule has 4 nitrogen and oxygen atoms in total. The number of hydrogen-bond acceptors (Lipinski definition) is 1. The summed E-state index contributed by atoms with van der Waals surface area (Å²) in [5, 5.41) is 4.91. The van der Waals surface area contributed by atoms with Gasteiger partial charge in [0.25, 0.3) is 5.96 Å². The highest BCUT2D eigenvalue weighted by Gasteiger charge is 2.26. The lowest BCUT2D eigenvalue weighted by atomic mass is 10.2. The van der Waals surface area contributed by atoms with E-state index in [1.807, 2.05) is 5.10 Å². The zero-order chi connectivity index (χ0) is 13.2. The topological polar surface area (TPSA) is 78.4 Å². The Balaban J connectivity index is 3.35. The third-order valence-electron chi connectivity index (χ3n) is 1.65. The zero-order valence-corrected chi connectivity index (χ0v) is 8.07. The molecule has 0 saturated heterocycles. The van der Waals surface area contributed by atoms with E-state index in [4.69, 9.17) is 11.5 Å². The third-order valence-corrected chi connectivity index (χ3v) is 1.65. The molecule has 0 radical (unpaired) electrons. The summed E-state index contributed by atoms with van der Waals surface area (Å²) in [5.74, 6) is -10.8. The first-order valence-corrected chi connectivity index (χ1v) is 4.05. The van der Waals surface area contributed by atoms with Crippen LogP contribution in [0.2, 0.25) is 0 Å². The number of hydrogen-bond donors (Lipinski definition) is 3. The summed E-state index contributed by atoms with van der Waals surface area (Å²) in [6.07, 6.45) is 0.440. The van der Waals surface area contributed by atoms with Crippen molar-refractivity contribution in [1.29, 1.82) is 0 Å². The van der Waals surface area contributed by atoms with Gasteiger partial charge in [-0.3, -0.25) is 0 Å². The summed E-state index contributed by atoms with van der Waals surface area (Å²) in [6.45, 7) is 0. The fourth-order valence-electron chi connectivity index (χ4n) is 0.920. The van der Waals surface area contributed by atoms with Crippen molar-refractivity contribution in [2.45, 2.75) is 0 Å². The number of rotatable bonds is 2. The Morgan fingerprint density at radius 3 is 1.71 bits per heavy atom. The minimum atomic E-state index is -2.24. The highest BCUT2D eigenvalue weighted by atomic mass is 19.2. The second-order valence-electron chi connectivity index (χ2n) is 2.79. The average Bonchev–Trinajstić information content (AvgIpc) is 2.28. The fraction of sp³-hybridized carbons (Fsp3) is 0. The van der Waals surface area contributed by atoms with Gasteiger partial charge < -0.3 is 11.5 Å². The van der Waals surface area contributed by atoms with E-state index >= 15 is 0 Å². The number of nitrogens with one attached hydrogen (secondary N) is 1. The standard InChI is InChI=1S/C8H5F5N4/c9-3-2(1-16-17-8(14)15)4(10)6(12)7(13)5(3)11/h1H,(H4,14,15,17)/p+1/b16-1+. The Morgan fingerprint density at radius 1 is 0.882 bits per heavy atom. The van der Waals surface area contributed by atoms with E-state index in [2.05, 4.69) is 5.10 Å². The molecule has 0 saturated carbocycles. The Labute approximate surface area is 91.4 Å². The number of hydrazone groups is 1. The molecule has 0 aliphatic heterocycles. The molecule has 0 aliphatic carbocycles. The molecule has 0 heterocycles. The first-order valence-electron chi connectivity index (χ1n) is 4.05. The molecular formula is C8H6F5N4+. The van der Waals surface area contributed by atoms with Crippen LogP contribution in [0.4, 0.5) is 22.0 Å². The van der Waals surface area contributed by atoms with E-state index in [1.54, 1.807) is 0 Å². The van der Waals surface area contributed by atoms with Crippen molar-refractivity contribution >= 4 is 12.2 Å². The number of halogens is 5. The maximum atomic E-state index is 13.0. The van der Waals surface area contributed by atoms with E-state index in [9.17, 15) is 22.0 Å². The number of nitrogens with two attached hydrogens (primary N) is 2. The van der Waals surface area contributed by atoms with Crippen LogP contribution in [-0.4, -0.2) is 12.2 Å². The van der Waals surface area contributed by atoms with Crippen molar-refractivity contribution < 1.29 is 27.1 Å². The van der Waals surface area contributed by atoms with Gasteiger partial charge >= 0.3 is 0 Å². The summed E-state index contributed by atoms with van der Waals surface area (Å²) < 4.78 is 64.1. The number of guanidine groups is 1. The molecule has 0 atom stereocenters. The van der Waals surface area contributed by atoms with Gasteiger partial charge in [0.15, 0.2) is 23.3 Å². The Kier molecular flexibility index (Phi) is 3.61. The molecule has 17 heavy (non-hydrogen) atoms. The van der Waals surface area contributed by atoms with Crippen molar-refractivity contribution in [1.82, 2.24) is 0 Å². The predicted molar refractivity (Wildman–Crippen MR) is 48.2 cm³/mol. The van der Waals surface area contributed by atoms with Gasteiger partial charge in [0, 0.05) is 5.10 Å². The van der Waals surface area contributed by atoms with Crippen molar-refractivity contribution in [3.05, 3.63) is 34.6 Å². The van der Waals surface area contributed by atoms with Crippen LogP contribution in [0.1, 0.15) is 5.56 Å². The minimum absolute atomic E-state index is 0.440. The van der Waals surface area contributed by atoms with Gasteiger partial charge in [-0.1, -0.05) is 0 Å². The smallest absolute Gasteiger partial charge is 0.256 e. The van der Waals surface area contributed by atoms with E-state index in [0.717, 1.165) is 0 Å². The van der Waals surface area contributed by atoms with Gasteiger partial charge in [0.2, 0.25) is 12.0 Å². The van der Waals surface area contributed by atoms with Crippen LogP contribution in [0.3, 0.4) is 0 Å². The van der Waals surface area contributed by atoms with Gasteiger partial charge in [0.1, 0.15) is 5.56 Å². The predicted octanol–water partition coefficient (Wildman–Crippen LogP) is -0.930. The Bertz CT molecular complexity index is 478. The van der Waals surface area contributed by atoms with Crippen molar-refractivity contribution in [2.24, 2.45) is 16.6 Å². The minimum Gasteiger partial charge on any atom is -0.365 e. The molecule has 1 aromatic rings. The molecule has 0 aromatic heterocycles. The monoisotopic (exact) mass is 253 g/mol. The van der Waals surface area contributed by atoms with E-state index in [-0.39, 0.29) is 0 Å². The van der Waals surface area contributed by atoms with Gasteiger partial charge in [-0.15, -0.1) is 5.10 Å². The summed E-state index contributed by atoms with van der Waals surface area (Å²) >= 11 is 0. The second kappa shape index (κ2) is 4.76. The highest BCUT2D eigenvalue weighted by molar-refractivity contribution is 5.77. The summed E-state index contributed by atoms with van der Waals surface area (Å²) in [7, 11) is 0. The molecule has 0 amide bonds. The summed E-state index contributed by atoms with van der Waals surface area (Å²) in [4.78, 5) is 0. The largest absolute Gasteiger partial charge is 0.365 e. The second-order valence-corrected chi connectivity index (χ2v) is 2.79. The molecule has 1 rings (SSSR count). The zero-order valence-electron chi connectivity index (χ0n) is 8.07. The van der Waals surface area contributed by atoms with Gasteiger partial charge in [0.05, 0.1) is 0 Å². The third kappa shape index (κ3) is 2.49. The first-order chi connectivity index (χ1) is 7.86. The molecule has 1 aromatic carbocycles. The Hall–Kier alpha value is -2.19. The lowest BCUT2D eigenvalue weighted by Crippen LogP contribution is -2.64. The van der Waals surface area contributed by atoms with Crippen molar-refractivity contribution in [3.8, 4) is 0 Å². The van der Waals surface area contributed by atoms with Crippen LogP contribution in [0, 0.1) is 29.1 Å². The molecule has 0 bridgehead atoms. The average molecular weight is 253 g/mol. The molecule has 0 spiro atoms. The Morgan fingerprint density at radius 2 is 1.29 bits per heavy atom. The maximum absolute atomic E-state index is 13.0. The number of benzene rings is 1. The normalized spacial score (nSPS) is 10.9. The summed E-state index contributed by atoms with van der Waals surface area (Å²) in [5.41, 5.74) is 8.56. The van der Waals surface area contributed by atoms with Gasteiger partial charge in [-0.25, -0.2) is 22.0 Å². The van der Waals surface area contributed by atoms with E-state index in [1.165, 1.54) is 0 Å². The molecule has 5 N–H and O–H groups in total. The number of nitrogens with zero attached hydrogens (tertiary/aromatic N) is 1. The quantitative estimate of drug-likeness (QED) is 0.159. The summed E-state index contributed by atoms with van der Waals surface area (Å²) in [6, 6.07) is 0. The molecule has 9 heteroatoms. The van der Waals surface area contributed by atoms with Gasteiger partial charge in [-0.05, 0) is 0 Å². The van der Waals surface area contributed by atoms with Crippen LogP contribution in [0.25, 0.3) is 0 Å². The lowest BCUT2D eigenvalue weighted by Gasteiger charge is -2.01. The first kappa shape index (κ1) is 12.9. The SMILES string of the molecule is NC(N)=N/[NH+]=C/c1c(F)c(F)c(F)c(F)c1F. The van der Waals surface area contributed by atoms with Crippen molar-refractivity contribution in [2.75, 3.05) is 0 Å². The highest BCUT2D eigenvalue weighted by Crippen LogP contribution is 2.20.